The van der Waals surface area contributed by atoms with Crippen molar-refractivity contribution in [2.24, 2.45) is 0 Å². The van der Waals surface area contributed by atoms with Crippen LogP contribution >= 0.6 is 0 Å². The van der Waals surface area contributed by atoms with Crippen LogP contribution in [0, 0.1) is 11.6 Å². The standard InChI is InChI=1S/C11H14F2O2/c1-3-11(14,7-15-2)8-4-5-9(12)10(13)6-8/h4-6,14H,3,7H2,1-2H3. The summed E-state index contributed by atoms with van der Waals surface area (Å²) in [5.41, 5.74) is -0.936. The van der Waals surface area contributed by atoms with E-state index in [0.717, 1.165) is 12.1 Å². The van der Waals surface area contributed by atoms with E-state index in [1.807, 2.05) is 0 Å². The molecule has 0 aliphatic carbocycles. The molecule has 1 aromatic carbocycles. The Morgan fingerprint density at radius 2 is 2.00 bits per heavy atom. The van der Waals surface area contributed by atoms with Gasteiger partial charge in [0.1, 0.15) is 5.60 Å². The first-order chi connectivity index (χ1) is 7.03. The Kier molecular flexibility index (Phi) is 3.77. The summed E-state index contributed by atoms with van der Waals surface area (Å²) in [6, 6.07) is 3.36. The van der Waals surface area contributed by atoms with Gasteiger partial charge in [0.05, 0.1) is 6.61 Å². The van der Waals surface area contributed by atoms with Gasteiger partial charge in [-0.2, -0.15) is 0 Å². The van der Waals surface area contributed by atoms with Crippen molar-refractivity contribution in [1.29, 1.82) is 0 Å². The van der Waals surface area contributed by atoms with Crippen molar-refractivity contribution in [3.05, 3.63) is 35.4 Å². The summed E-state index contributed by atoms with van der Waals surface area (Å²) in [7, 11) is 1.44. The molecule has 0 saturated heterocycles. The molecule has 1 N–H and O–H groups in total. The fourth-order valence-corrected chi connectivity index (χ4v) is 1.41. The molecule has 0 aromatic heterocycles. The van der Waals surface area contributed by atoms with Gasteiger partial charge in [0.2, 0.25) is 0 Å². The van der Waals surface area contributed by atoms with Gasteiger partial charge in [-0.3, -0.25) is 0 Å². The first-order valence-corrected chi connectivity index (χ1v) is 4.70. The molecule has 0 fully saturated rings. The number of benzene rings is 1. The van der Waals surface area contributed by atoms with E-state index in [4.69, 9.17) is 4.74 Å². The third-order valence-electron chi connectivity index (χ3n) is 2.42. The number of methoxy groups -OCH3 is 1. The van der Waals surface area contributed by atoms with Crippen LogP contribution in [0.25, 0.3) is 0 Å². The molecule has 0 radical (unpaired) electrons. The molecular weight excluding hydrogens is 202 g/mol. The maximum absolute atomic E-state index is 13.0. The van der Waals surface area contributed by atoms with E-state index in [9.17, 15) is 13.9 Å². The number of rotatable bonds is 4. The van der Waals surface area contributed by atoms with Crippen LogP contribution in [0.15, 0.2) is 18.2 Å². The highest BCUT2D eigenvalue weighted by Crippen LogP contribution is 2.26. The van der Waals surface area contributed by atoms with Gasteiger partial charge in [-0.1, -0.05) is 13.0 Å². The van der Waals surface area contributed by atoms with E-state index >= 15 is 0 Å². The molecule has 1 atom stereocenters. The van der Waals surface area contributed by atoms with E-state index in [-0.39, 0.29) is 6.61 Å². The summed E-state index contributed by atoms with van der Waals surface area (Å²) in [4.78, 5) is 0. The molecule has 0 saturated carbocycles. The number of aliphatic hydroxyl groups is 1. The van der Waals surface area contributed by atoms with Gasteiger partial charge in [0.15, 0.2) is 11.6 Å². The lowest BCUT2D eigenvalue weighted by molar-refractivity contribution is -0.0388. The highest BCUT2D eigenvalue weighted by atomic mass is 19.2. The number of halogens is 2. The van der Waals surface area contributed by atoms with E-state index in [2.05, 4.69) is 0 Å². The molecule has 1 aromatic rings. The Morgan fingerprint density at radius 1 is 1.33 bits per heavy atom. The summed E-state index contributed by atoms with van der Waals surface area (Å²) in [5.74, 6) is -1.88. The van der Waals surface area contributed by atoms with E-state index in [0.29, 0.717) is 12.0 Å². The normalized spacial score (nSPS) is 15.0. The topological polar surface area (TPSA) is 29.5 Å². The molecular formula is C11H14F2O2. The number of ether oxygens (including phenoxy) is 1. The zero-order valence-corrected chi connectivity index (χ0v) is 8.76. The van der Waals surface area contributed by atoms with Crippen LogP contribution in [0.4, 0.5) is 8.78 Å². The Hall–Kier alpha value is -1.00. The van der Waals surface area contributed by atoms with Gasteiger partial charge in [-0.15, -0.1) is 0 Å². The first kappa shape index (κ1) is 12.1. The minimum absolute atomic E-state index is 0.0502. The van der Waals surface area contributed by atoms with Crippen LogP contribution in [-0.4, -0.2) is 18.8 Å². The highest BCUT2D eigenvalue weighted by Gasteiger charge is 2.27. The fourth-order valence-electron chi connectivity index (χ4n) is 1.41. The van der Waals surface area contributed by atoms with Crippen LogP contribution < -0.4 is 0 Å². The summed E-state index contributed by atoms with van der Waals surface area (Å²) in [6.45, 7) is 1.80. The summed E-state index contributed by atoms with van der Waals surface area (Å²) < 4.78 is 30.5. The second kappa shape index (κ2) is 4.68. The molecule has 0 amide bonds. The summed E-state index contributed by atoms with van der Waals surface area (Å²) in [5, 5.41) is 10.1. The van der Waals surface area contributed by atoms with Crippen molar-refractivity contribution in [3.8, 4) is 0 Å². The third kappa shape index (κ3) is 2.52. The largest absolute Gasteiger partial charge is 0.383 e. The molecule has 2 nitrogen and oxygen atoms in total. The Bertz CT molecular complexity index is 341. The lowest BCUT2D eigenvalue weighted by Gasteiger charge is -2.26. The SMILES string of the molecule is CCC(O)(COC)c1ccc(F)c(F)c1. The molecule has 84 valence electrons. The molecule has 1 unspecified atom stereocenters. The van der Waals surface area contributed by atoms with Gasteiger partial charge in [-0.25, -0.2) is 8.78 Å². The van der Waals surface area contributed by atoms with Crippen LogP contribution in [-0.2, 0) is 10.3 Å². The molecule has 1 rings (SSSR count). The second-order valence-corrected chi connectivity index (χ2v) is 3.45. The summed E-state index contributed by atoms with van der Waals surface area (Å²) in [6.07, 6.45) is 0.367. The van der Waals surface area contributed by atoms with Crippen LogP contribution in [0.1, 0.15) is 18.9 Å². The Labute approximate surface area is 87.5 Å². The zero-order chi connectivity index (χ0) is 11.5. The van der Waals surface area contributed by atoms with Crippen molar-refractivity contribution in [2.75, 3.05) is 13.7 Å². The van der Waals surface area contributed by atoms with Crippen molar-refractivity contribution >= 4 is 0 Å². The minimum atomic E-state index is -1.26. The van der Waals surface area contributed by atoms with Crippen molar-refractivity contribution in [2.45, 2.75) is 18.9 Å². The monoisotopic (exact) mass is 216 g/mol. The van der Waals surface area contributed by atoms with Crippen LogP contribution in [0.2, 0.25) is 0 Å². The second-order valence-electron chi connectivity index (χ2n) is 3.45. The lowest BCUT2D eigenvalue weighted by Crippen LogP contribution is -2.30. The summed E-state index contributed by atoms with van der Waals surface area (Å²) >= 11 is 0. The van der Waals surface area contributed by atoms with Crippen LogP contribution in [0.3, 0.4) is 0 Å². The van der Waals surface area contributed by atoms with E-state index in [1.54, 1.807) is 6.92 Å². The zero-order valence-electron chi connectivity index (χ0n) is 8.76. The quantitative estimate of drug-likeness (QED) is 0.836. The van der Waals surface area contributed by atoms with Gasteiger partial charge < -0.3 is 9.84 Å². The average Bonchev–Trinajstić information content (AvgIpc) is 2.22. The highest BCUT2D eigenvalue weighted by molar-refractivity contribution is 5.24. The lowest BCUT2D eigenvalue weighted by atomic mass is 9.92. The molecule has 0 aliphatic heterocycles. The molecule has 0 aliphatic rings. The molecule has 15 heavy (non-hydrogen) atoms. The number of hydrogen-bond acceptors (Lipinski definition) is 2. The molecule has 4 heteroatoms. The molecule has 0 spiro atoms. The van der Waals surface area contributed by atoms with Crippen molar-refractivity contribution in [1.82, 2.24) is 0 Å². The first-order valence-electron chi connectivity index (χ1n) is 4.70. The minimum Gasteiger partial charge on any atom is -0.383 e. The predicted molar refractivity (Wildman–Crippen MR) is 52.4 cm³/mol. The van der Waals surface area contributed by atoms with Crippen molar-refractivity contribution in [3.63, 3.8) is 0 Å². The molecule has 0 bridgehead atoms. The maximum atomic E-state index is 13.0. The fraction of sp³-hybridized carbons (Fsp3) is 0.455. The van der Waals surface area contributed by atoms with Gasteiger partial charge >= 0.3 is 0 Å². The third-order valence-corrected chi connectivity index (χ3v) is 2.42. The van der Waals surface area contributed by atoms with Gasteiger partial charge in [0, 0.05) is 7.11 Å². The average molecular weight is 216 g/mol. The van der Waals surface area contributed by atoms with E-state index in [1.165, 1.54) is 13.2 Å². The Morgan fingerprint density at radius 3 is 2.47 bits per heavy atom. The van der Waals surface area contributed by atoms with Gasteiger partial charge in [0.25, 0.3) is 0 Å². The predicted octanol–water partition coefficient (Wildman–Crippen LogP) is 2.21. The maximum Gasteiger partial charge on any atom is 0.159 e. The number of hydrogen-bond donors (Lipinski definition) is 1. The van der Waals surface area contributed by atoms with Crippen LogP contribution in [0.5, 0.6) is 0 Å². The van der Waals surface area contributed by atoms with E-state index < -0.39 is 17.2 Å². The van der Waals surface area contributed by atoms with Gasteiger partial charge in [-0.05, 0) is 24.1 Å². The molecule has 0 heterocycles. The Balaban J connectivity index is 3.07. The van der Waals surface area contributed by atoms with Crippen molar-refractivity contribution < 1.29 is 18.6 Å². The smallest absolute Gasteiger partial charge is 0.159 e.